The minimum absolute atomic E-state index is 0.117. The molecule has 0 unspecified atom stereocenters. The molecule has 26 heavy (non-hydrogen) atoms. The third kappa shape index (κ3) is 4.31. The van der Waals surface area contributed by atoms with Gasteiger partial charge in [0.05, 0.1) is 4.90 Å². The van der Waals surface area contributed by atoms with Crippen LogP contribution >= 0.6 is 15.9 Å². The minimum atomic E-state index is -3.62. The number of hydrogen-bond donors (Lipinski definition) is 0. The summed E-state index contributed by atoms with van der Waals surface area (Å²) in [5.41, 5.74) is 0.310. The van der Waals surface area contributed by atoms with Crippen molar-refractivity contribution < 1.29 is 13.2 Å². The highest BCUT2D eigenvalue weighted by atomic mass is 79.9. The molecule has 1 amide bonds. The first-order chi connectivity index (χ1) is 12.3. The molecule has 1 aromatic heterocycles. The van der Waals surface area contributed by atoms with E-state index in [4.69, 9.17) is 0 Å². The molecule has 8 heteroatoms. The number of hydrogen-bond acceptors (Lipinski definition) is 4. The van der Waals surface area contributed by atoms with E-state index in [-0.39, 0.29) is 10.8 Å². The van der Waals surface area contributed by atoms with Crippen LogP contribution in [0.15, 0.2) is 52.0 Å². The second kappa shape index (κ2) is 8.75. The van der Waals surface area contributed by atoms with Crippen LogP contribution in [-0.2, 0) is 10.0 Å². The lowest BCUT2D eigenvalue weighted by molar-refractivity contribution is 0.0987. The Hall–Kier alpha value is -1.77. The van der Waals surface area contributed by atoms with Crippen molar-refractivity contribution in [3.63, 3.8) is 0 Å². The highest BCUT2D eigenvalue weighted by molar-refractivity contribution is 9.10. The van der Waals surface area contributed by atoms with Gasteiger partial charge in [0.2, 0.25) is 10.0 Å². The third-order valence-electron chi connectivity index (χ3n) is 3.97. The number of sulfonamides is 1. The lowest BCUT2D eigenvalue weighted by atomic mass is 10.2. The molecule has 2 rings (SSSR count). The monoisotopic (exact) mass is 439 g/mol. The molecule has 1 aromatic carbocycles. The molecule has 0 aliphatic rings. The van der Waals surface area contributed by atoms with Crippen molar-refractivity contribution in [2.75, 3.05) is 24.5 Å². The van der Waals surface area contributed by atoms with Crippen LogP contribution in [0.3, 0.4) is 0 Å². The Morgan fingerprint density at radius 2 is 1.77 bits per heavy atom. The summed E-state index contributed by atoms with van der Waals surface area (Å²) in [6, 6.07) is 9.69. The highest BCUT2D eigenvalue weighted by Crippen LogP contribution is 2.21. The van der Waals surface area contributed by atoms with Crippen LogP contribution in [0.4, 0.5) is 5.82 Å². The maximum Gasteiger partial charge on any atom is 0.259 e. The van der Waals surface area contributed by atoms with Crippen LogP contribution in [0.5, 0.6) is 0 Å². The highest BCUT2D eigenvalue weighted by Gasteiger charge is 2.24. The van der Waals surface area contributed by atoms with E-state index in [0.29, 0.717) is 31.0 Å². The van der Waals surface area contributed by atoms with E-state index in [1.165, 1.54) is 21.3 Å². The van der Waals surface area contributed by atoms with E-state index in [2.05, 4.69) is 20.9 Å². The number of rotatable bonds is 7. The third-order valence-corrected chi connectivity index (χ3v) is 6.49. The molecule has 2 aromatic rings. The molecule has 0 saturated heterocycles. The molecule has 140 valence electrons. The number of nitrogens with zero attached hydrogens (tertiary/aromatic N) is 3. The summed E-state index contributed by atoms with van der Waals surface area (Å²) in [6.45, 7) is 6.59. The zero-order chi connectivity index (χ0) is 19.3. The van der Waals surface area contributed by atoms with Gasteiger partial charge in [-0.25, -0.2) is 13.4 Å². The molecular weight excluding hydrogens is 418 g/mol. The number of aromatic nitrogens is 1. The first-order valence-electron chi connectivity index (χ1n) is 8.38. The number of anilines is 1. The molecular formula is C18H22BrN3O3S. The minimum Gasteiger partial charge on any atom is -0.293 e. The molecule has 0 spiro atoms. The largest absolute Gasteiger partial charge is 0.293 e. The zero-order valence-corrected chi connectivity index (χ0v) is 17.4. The van der Waals surface area contributed by atoms with Crippen molar-refractivity contribution in [3.8, 4) is 0 Å². The van der Waals surface area contributed by atoms with Gasteiger partial charge < -0.3 is 0 Å². The van der Waals surface area contributed by atoms with Crippen molar-refractivity contribution in [1.29, 1.82) is 0 Å². The molecule has 0 N–H and O–H groups in total. The smallest absolute Gasteiger partial charge is 0.259 e. The van der Waals surface area contributed by atoms with Crippen molar-refractivity contribution in [1.82, 2.24) is 9.29 Å². The second-order valence-electron chi connectivity index (χ2n) is 5.50. The fraction of sp³-hybridized carbons (Fsp3) is 0.333. The van der Waals surface area contributed by atoms with Gasteiger partial charge in [-0.2, -0.15) is 4.31 Å². The number of halogens is 1. The van der Waals surface area contributed by atoms with E-state index in [9.17, 15) is 13.2 Å². The summed E-state index contributed by atoms with van der Waals surface area (Å²) < 4.78 is 27.6. The molecule has 0 aliphatic carbocycles. The molecule has 1 heterocycles. The number of carbonyl (C=O) groups excluding carboxylic acids is 1. The number of amides is 1. The molecule has 0 bridgehead atoms. The summed E-state index contributed by atoms with van der Waals surface area (Å²) in [6.07, 6.45) is 1.62. The van der Waals surface area contributed by atoms with Gasteiger partial charge in [0.15, 0.2) is 0 Å². The predicted molar refractivity (Wildman–Crippen MR) is 106 cm³/mol. The van der Waals surface area contributed by atoms with Crippen molar-refractivity contribution in [2.24, 2.45) is 0 Å². The fourth-order valence-corrected chi connectivity index (χ4v) is 4.33. The molecule has 0 saturated carbocycles. The summed E-state index contributed by atoms with van der Waals surface area (Å²) >= 11 is 3.32. The van der Waals surface area contributed by atoms with E-state index in [1.807, 2.05) is 6.92 Å². The van der Waals surface area contributed by atoms with Crippen molar-refractivity contribution >= 4 is 37.7 Å². The first kappa shape index (κ1) is 20.5. The molecule has 0 radical (unpaired) electrons. The van der Waals surface area contributed by atoms with Gasteiger partial charge >= 0.3 is 0 Å². The predicted octanol–water partition coefficient (Wildman–Crippen LogP) is 3.54. The SMILES string of the molecule is CCN(C(=O)c1cccc(S(=O)(=O)N(CC)CC)c1)c1ccc(Br)cn1. The molecule has 6 nitrogen and oxygen atoms in total. The average Bonchev–Trinajstić information content (AvgIpc) is 2.64. The normalized spacial score (nSPS) is 11.6. The summed E-state index contributed by atoms with van der Waals surface area (Å²) in [4.78, 5) is 18.8. The Kier molecular flexibility index (Phi) is 6.91. The molecule has 0 aliphatic heterocycles. The van der Waals surface area contributed by atoms with E-state index >= 15 is 0 Å². The van der Waals surface area contributed by atoms with Crippen molar-refractivity contribution in [2.45, 2.75) is 25.7 Å². The van der Waals surface area contributed by atoms with Gasteiger partial charge in [0.25, 0.3) is 5.91 Å². The lowest BCUT2D eigenvalue weighted by Gasteiger charge is -2.21. The van der Waals surface area contributed by atoms with Gasteiger partial charge in [-0.05, 0) is 53.2 Å². The average molecular weight is 440 g/mol. The van der Waals surface area contributed by atoms with E-state index < -0.39 is 10.0 Å². The van der Waals surface area contributed by atoms with Gasteiger partial charge in [-0.15, -0.1) is 0 Å². The Balaban J connectivity index is 2.39. The van der Waals surface area contributed by atoms with Gasteiger partial charge in [-0.1, -0.05) is 19.9 Å². The zero-order valence-electron chi connectivity index (χ0n) is 15.0. The molecule has 0 atom stereocenters. The first-order valence-corrected chi connectivity index (χ1v) is 10.6. The number of carbonyl (C=O) groups is 1. The van der Waals surface area contributed by atoms with Crippen LogP contribution in [0.25, 0.3) is 0 Å². The van der Waals surface area contributed by atoms with E-state index in [0.717, 1.165) is 4.47 Å². The van der Waals surface area contributed by atoms with Gasteiger partial charge in [0, 0.05) is 35.9 Å². The summed E-state index contributed by atoms with van der Waals surface area (Å²) in [7, 11) is -3.62. The van der Waals surface area contributed by atoms with E-state index in [1.54, 1.807) is 44.3 Å². The standard InChI is InChI=1S/C18H22BrN3O3S/c1-4-21(5-2)26(24,25)16-9-7-8-14(12-16)18(23)22(6-3)17-11-10-15(19)13-20-17/h7-13H,4-6H2,1-3H3. The lowest BCUT2D eigenvalue weighted by Crippen LogP contribution is -2.32. The Morgan fingerprint density at radius 1 is 1.08 bits per heavy atom. The maximum atomic E-state index is 12.9. The topological polar surface area (TPSA) is 70.6 Å². The Bertz CT molecular complexity index is 866. The van der Waals surface area contributed by atoms with Crippen molar-refractivity contribution in [3.05, 3.63) is 52.6 Å². The molecule has 0 fully saturated rings. The quantitative estimate of drug-likeness (QED) is 0.661. The Labute approximate surface area is 163 Å². The van der Waals surface area contributed by atoms with Gasteiger partial charge in [-0.3, -0.25) is 9.69 Å². The maximum absolute atomic E-state index is 12.9. The van der Waals surface area contributed by atoms with Crippen LogP contribution in [0.1, 0.15) is 31.1 Å². The van der Waals surface area contributed by atoms with Crippen LogP contribution < -0.4 is 4.90 Å². The fourth-order valence-electron chi connectivity index (χ4n) is 2.60. The van der Waals surface area contributed by atoms with Crippen LogP contribution in [-0.4, -0.2) is 43.2 Å². The Morgan fingerprint density at radius 3 is 2.31 bits per heavy atom. The number of benzene rings is 1. The second-order valence-corrected chi connectivity index (χ2v) is 8.35. The van der Waals surface area contributed by atoms with Crippen LogP contribution in [0, 0.1) is 0 Å². The van der Waals surface area contributed by atoms with Crippen LogP contribution in [0.2, 0.25) is 0 Å². The number of pyridine rings is 1. The summed E-state index contributed by atoms with van der Waals surface area (Å²) in [5, 5.41) is 0. The summed E-state index contributed by atoms with van der Waals surface area (Å²) in [5.74, 6) is 0.219. The van der Waals surface area contributed by atoms with Gasteiger partial charge in [0.1, 0.15) is 5.82 Å².